The number of carbonyl (C=O) groups excluding carboxylic acids is 1. The van der Waals surface area contributed by atoms with Gasteiger partial charge in [-0.15, -0.1) is 0 Å². The van der Waals surface area contributed by atoms with Crippen molar-refractivity contribution in [2.24, 2.45) is 0 Å². The van der Waals surface area contributed by atoms with Crippen LogP contribution in [0.5, 0.6) is 5.75 Å². The van der Waals surface area contributed by atoms with E-state index in [0.717, 1.165) is 31.0 Å². The fourth-order valence-electron chi connectivity index (χ4n) is 3.43. The van der Waals surface area contributed by atoms with E-state index in [1.165, 1.54) is 5.56 Å². The molecular weight excluding hydrogens is 302 g/mol. The lowest BCUT2D eigenvalue weighted by Crippen LogP contribution is -2.33. The van der Waals surface area contributed by atoms with Gasteiger partial charge in [0, 0.05) is 24.9 Å². The third-order valence-electron chi connectivity index (χ3n) is 4.64. The Morgan fingerprint density at radius 1 is 1.33 bits per heavy atom. The number of hydrogen-bond acceptors (Lipinski definition) is 3. The topological polar surface area (TPSA) is 47.4 Å². The highest BCUT2D eigenvalue weighted by molar-refractivity contribution is 5.77. The number of hydrogen-bond donors (Lipinski definition) is 0. The van der Waals surface area contributed by atoms with E-state index in [2.05, 4.69) is 31.0 Å². The van der Waals surface area contributed by atoms with Crippen LogP contribution in [-0.4, -0.2) is 34.0 Å². The molecule has 0 radical (unpaired) electrons. The van der Waals surface area contributed by atoms with Gasteiger partial charge in [0.15, 0.2) is 0 Å². The number of likely N-dealkylation sites (tertiary alicyclic amines) is 1. The van der Waals surface area contributed by atoms with Crippen LogP contribution in [0.15, 0.2) is 36.7 Å². The Hall–Kier alpha value is -2.30. The third kappa shape index (κ3) is 3.30. The Morgan fingerprint density at radius 2 is 2.08 bits per heavy atom. The van der Waals surface area contributed by atoms with Gasteiger partial charge in [0.1, 0.15) is 18.1 Å². The number of imidazole rings is 1. The summed E-state index contributed by atoms with van der Waals surface area (Å²) in [5.74, 6) is 2.27. The Bertz CT molecular complexity index is 691. The Morgan fingerprint density at radius 3 is 2.75 bits per heavy atom. The van der Waals surface area contributed by atoms with Gasteiger partial charge in [0.2, 0.25) is 5.91 Å². The number of aromatic nitrogens is 2. The zero-order chi connectivity index (χ0) is 17.1. The largest absolute Gasteiger partial charge is 0.497 e. The Balaban J connectivity index is 1.74. The molecule has 1 aromatic carbocycles. The normalized spacial score (nSPS) is 17.5. The molecule has 128 valence electrons. The first-order valence-electron chi connectivity index (χ1n) is 8.54. The molecule has 1 aromatic heterocycles. The SMILES string of the molecule is COc1ccc([C@@H]2CCCN2C(=O)Cn2ccnc2C(C)C)cc1. The fourth-order valence-corrected chi connectivity index (χ4v) is 3.43. The lowest BCUT2D eigenvalue weighted by atomic mass is 10.0. The van der Waals surface area contributed by atoms with E-state index >= 15 is 0 Å². The molecule has 5 nitrogen and oxygen atoms in total. The molecule has 1 aliphatic heterocycles. The van der Waals surface area contributed by atoms with Gasteiger partial charge in [0.25, 0.3) is 0 Å². The first kappa shape index (κ1) is 16.6. The number of benzene rings is 1. The number of carbonyl (C=O) groups is 1. The molecule has 1 atom stereocenters. The second-order valence-electron chi connectivity index (χ2n) is 6.59. The molecule has 1 saturated heterocycles. The van der Waals surface area contributed by atoms with Crippen LogP contribution >= 0.6 is 0 Å². The van der Waals surface area contributed by atoms with Crippen LogP contribution in [-0.2, 0) is 11.3 Å². The van der Waals surface area contributed by atoms with E-state index < -0.39 is 0 Å². The molecule has 2 heterocycles. The predicted molar refractivity (Wildman–Crippen MR) is 93.0 cm³/mol. The zero-order valence-corrected chi connectivity index (χ0v) is 14.6. The van der Waals surface area contributed by atoms with Crippen LogP contribution in [0.4, 0.5) is 0 Å². The van der Waals surface area contributed by atoms with Crippen molar-refractivity contribution < 1.29 is 9.53 Å². The molecule has 1 fully saturated rings. The Kier molecular flexibility index (Phi) is 4.88. The van der Waals surface area contributed by atoms with Crippen LogP contribution in [0.25, 0.3) is 0 Å². The first-order chi connectivity index (χ1) is 11.6. The second kappa shape index (κ2) is 7.07. The van der Waals surface area contributed by atoms with E-state index in [-0.39, 0.29) is 11.9 Å². The molecule has 0 unspecified atom stereocenters. The summed E-state index contributed by atoms with van der Waals surface area (Å²) < 4.78 is 7.19. The van der Waals surface area contributed by atoms with Gasteiger partial charge in [0.05, 0.1) is 13.2 Å². The molecular formula is C19H25N3O2. The number of ether oxygens (including phenoxy) is 1. The molecule has 5 heteroatoms. The molecule has 0 saturated carbocycles. The van der Waals surface area contributed by atoms with Gasteiger partial charge in [-0.25, -0.2) is 4.98 Å². The van der Waals surface area contributed by atoms with Crippen molar-refractivity contribution in [2.45, 2.75) is 45.2 Å². The van der Waals surface area contributed by atoms with E-state index in [1.807, 2.05) is 27.8 Å². The summed E-state index contributed by atoms with van der Waals surface area (Å²) in [5, 5.41) is 0. The third-order valence-corrected chi connectivity index (χ3v) is 4.64. The molecule has 1 aliphatic rings. The highest BCUT2D eigenvalue weighted by Gasteiger charge is 2.30. The second-order valence-corrected chi connectivity index (χ2v) is 6.59. The molecule has 0 N–H and O–H groups in total. The summed E-state index contributed by atoms with van der Waals surface area (Å²) in [6.07, 6.45) is 5.72. The summed E-state index contributed by atoms with van der Waals surface area (Å²) in [6.45, 7) is 5.38. The minimum atomic E-state index is 0.160. The standard InChI is InChI=1S/C19H25N3O2/c1-14(2)19-20-10-12-21(19)13-18(23)22-11-4-5-17(22)15-6-8-16(24-3)9-7-15/h6-10,12,14,17H,4-5,11,13H2,1-3H3/t17-/m0/s1. The van der Waals surface area contributed by atoms with Crippen LogP contribution in [0, 0.1) is 0 Å². The summed E-state index contributed by atoms with van der Waals surface area (Å²) in [5.41, 5.74) is 1.18. The number of rotatable bonds is 5. The van der Waals surface area contributed by atoms with Gasteiger partial charge in [-0.05, 0) is 30.5 Å². The number of nitrogens with zero attached hydrogens (tertiary/aromatic N) is 3. The molecule has 0 bridgehead atoms. The highest BCUT2D eigenvalue weighted by Crippen LogP contribution is 2.33. The van der Waals surface area contributed by atoms with Crippen LogP contribution < -0.4 is 4.74 Å². The molecule has 1 amide bonds. The summed E-state index contributed by atoms with van der Waals surface area (Å²) >= 11 is 0. The summed E-state index contributed by atoms with van der Waals surface area (Å²) in [6, 6.07) is 8.21. The van der Waals surface area contributed by atoms with E-state index in [9.17, 15) is 4.79 Å². The minimum absolute atomic E-state index is 0.160. The fraction of sp³-hybridized carbons (Fsp3) is 0.474. The van der Waals surface area contributed by atoms with Crippen molar-refractivity contribution in [1.29, 1.82) is 0 Å². The van der Waals surface area contributed by atoms with Crippen molar-refractivity contribution in [3.8, 4) is 5.75 Å². The van der Waals surface area contributed by atoms with Crippen molar-refractivity contribution in [1.82, 2.24) is 14.5 Å². The molecule has 0 spiro atoms. The van der Waals surface area contributed by atoms with Crippen LogP contribution in [0.1, 0.15) is 50.0 Å². The number of methoxy groups -OCH3 is 1. The maximum atomic E-state index is 12.8. The lowest BCUT2D eigenvalue weighted by molar-refractivity contribution is -0.132. The quantitative estimate of drug-likeness (QED) is 0.846. The van der Waals surface area contributed by atoms with Gasteiger partial charge in [-0.3, -0.25) is 4.79 Å². The average Bonchev–Trinajstić information content (AvgIpc) is 3.24. The van der Waals surface area contributed by atoms with Gasteiger partial charge >= 0.3 is 0 Å². The van der Waals surface area contributed by atoms with E-state index in [0.29, 0.717) is 12.5 Å². The summed E-state index contributed by atoms with van der Waals surface area (Å²) in [4.78, 5) is 19.2. The van der Waals surface area contributed by atoms with Crippen LogP contribution in [0.2, 0.25) is 0 Å². The van der Waals surface area contributed by atoms with Crippen molar-refractivity contribution in [3.63, 3.8) is 0 Å². The zero-order valence-electron chi connectivity index (χ0n) is 14.6. The molecule has 0 aliphatic carbocycles. The van der Waals surface area contributed by atoms with Crippen molar-refractivity contribution in [2.75, 3.05) is 13.7 Å². The van der Waals surface area contributed by atoms with Gasteiger partial charge in [-0.1, -0.05) is 26.0 Å². The monoisotopic (exact) mass is 327 g/mol. The van der Waals surface area contributed by atoms with Crippen molar-refractivity contribution >= 4 is 5.91 Å². The summed E-state index contributed by atoms with van der Waals surface area (Å²) in [7, 11) is 1.66. The Labute approximate surface area is 143 Å². The lowest BCUT2D eigenvalue weighted by Gasteiger charge is -2.26. The maximum Gasteiger partial charge on any atom is 0.243 e. The van der Waals surface area contributed by atoms with Crippen LogP contribution in [0.3, 0.4) is 0 Å². The minimum Gasteiger partial charge on any atom is -0.497 e. The maximum absolute atomic E-state index is 12.8. The smallest absolute Gasteiger partial charge is 0.243 e. The van der Waals surface area contributed by atoms with Crippen molar-refractivity contribution in [3.05, 3.63) is 48.0 Å². The van der Waals surface area contributed by atoms with E-state index in [1.54, 1.807) is 13.3 Å². The van der Waals surface area contributed by atoms with Gasteiger partial charge < -0.3 is 14.2 Å². The average molecular weight is 327 g/mol. The highest BCUT2D eigenvalue weighted by atomic mass is 16.5. The first-order valence-corrected chi connectivity index (χ1v) is 8.54. The molecule has 24 heavy (non-hydrogen) atoms. The molecule has 2 aromatic rings. The predicted octanol–water partition coefficient (Wildman–Crippen LogP) is 3.38. The van der Waals surface area contributed by atoms with Gasteiger partial charge in [-0.2, -0.15) is 0 Å². The molecule has 3 rings (SSSR count). The van der Waals surface area contributed by atoms with E-state index in [4.69, 9.17) is 4.74 Å². The number of amides is 1.